The van der Waals surface area contributed by atoms with Gasteiger partial charge in [-0.05, 0) is 64.1 Å². The summed E-state index contributed by atoms with van der Waals surface area (Å²) in [5, 5.41) is 2.16. The Morgan fingerprint density at radius 2 is 1.28 bits per heavy atom. The first-order chi connectivity index (χ1) is 17.4. The SMILES string of the molecule is Cc1cc(-c2cccc3c2sc2c(-c4ccc(-c5cccnc5)cc4)cccc23)cc(C(F)(F)F)c1. The molecule has 1 nitrogen and oxygen atoms in total. The van der Waals surface area contributed by atoms with Gasteiger partial charge < -0.3 is 0 Å². The normalized spacial score (nSPS) is 11.9. The Morgan fingerprint density at radius 3 is 1.89 bits per heavy atom. The molecule has 0 radical (unpaired) electrons. The van der Waals surface area contributed by atoms with Gasteiger partial charge in [-0.3, -0.25) is 4.98 Å². The standard InChI is InChI=1S/C31H20F3NS/c1-19-15-23(17-24(16-19)31(32,33)34)26-7-3-9-28-27-8-2-6-25(29(27)36-30(26)28)21-12-10-20(11-13-21)22-5-4-14-35-18-22/h2-18H,1H3. The summed E-state index contributed by atoms with van der Waals surface area (Å²) >= 11 is 1.63. The van der Waals surface area contributed by atoms with Crippen molar-refractivity contribution in [2.75, 3.05) is 0 Å². The number of nitrogens with zero attached hydrogens (tertiary/aromatic N) is 1. The van der Waals surface area contributed by atoms with Gasteiger partial charge in [0.05, 0.1) is 5.56 Å². The van der Waals surface area contributed by atoms with Crippen molar-refractivity contribution < 1.29 is 13.2 Å². The third kappa shape index (κ3) is 3.95. The minimum Gasteiger partial charge on any atom is -0.264 e. The van der Waals surface area contributed by atoms with Crippen molar-refractivity contribution in [3.8, 4) is 33.4 Å². The maximum atomic E-state index is 13.5. The quantitative estimate of drug-likeness (QED) is 0.238. The van der Waals surface area contributed by atoms with Crippen LogP contribution in [0.5, 0.6) is 0 Å². The number of rotatable bonds is 3. The van der Waals surface area contributed by atoms with E-state index >= 15 is 0 Å². The zero-order valence-electron chi connectivity index (χ0n) is 19.3. The van der Waals surface area contributed by atoms with Crippen molar-refractivity contribution in [2.45, 2.75) is 13.1 Å². The number of hydrogen-bond donors (Lipinski definition) is 0. The lowest BCUT2D eigenvalue weighted by Gasteiger charge is -2.11. The summed E-state index contributed by atoms with van der Waals surface area (Å²) < 4.78 is 42.7. The fraction of sp³-hybridized carbons (Fsp3) is 0.0645. The van der Waals surface area contributed by atoms with Crippen molar-refractivity contribution in [1.82, 2.24) is 4.98 Å². The molecule has 2 aromatic heterocycles. The first kappa shape index (κ1) is 22.5. The summed E-state index contributed by atoms with van der Waals surface area (Å²) in [6.45, 7) is 1.71. The summed E-state index contributed by atoms with van der Waals surface area (Å²) in [5.41, 5.74) is 5.73. The molecule has 0 unspecified atom stereocenters. The Labute approximate surface area is 210 Å². The maximum absolute atomic E-state index is 13.5. The average molecular weight is 496 g/mol. The van der Waals surface area contributed by atoms with Crippen LogP contribution in [0.25, 0.3) is 53.6 Å². The first-order valence-corrected chi connectivity index (χ1v) is 12.3. The number of benzene rings is 4. The van der Waals surface area contributed by atoms with Crippen LogP contribution < -0.4 is 0 Å². The maximum Gasteiger partial charge on any atom is 0.416 e. The lowest BCUT2D eigenvalue weighted by atomic mass is 9.97. The molecule has 0 aliphatic carbocycles. The summed E-state index contributed by atoms with van der Waals surface area (Å²) in [6.07, 6.45) is -0.780. The van der Waals surface area contributed by atoms with Gasteiger partial charge in [0.2, 0.25) is 0 Å². The molecule has 4 aromatic carbocycles. The van der Waals surface area contributed by atoms with Crippen LogP contribution in [0.2, 0.25) is 0 Å². The van der Waals surface area contributed by atoms with E-state index in [0.717, 1.165) is 48.0 Å². The predicted molar refractivity (Wildman–Crippen MR) is 143 cm³/mol. The van der Waals surface area contributed by atoms with Crippen molar-refractivity contribution in [3.63, 3.8) is 0 Å². The number of aryl methyl sites for hydroxylation is 1. The van der Waals surface area contributed by atoms with Gasteiger partial charge in [0.15, 0.2) is 0 Å². The number of pyridine rings is 1. The third-order valence-corrected chi connectivity index (χ3v) is 7.72. The van der Waals surface area contributed by atoms with Crippen LogP contribution in [0.4, 0.5) is 13.2 Å². The van der Waals surface area contributed by atoms with Crippen LogP contribution in [-0.4, -0.2) is 4.98 Å². The van der Waals surface area contributed by atoms with Crippen molar-refractivity contribution in [3.05, 3.63) is 115 Å². The van der Waals surface area contributed by atoms with E-state index in [1.165, 1.54) is 12.1 Å². The van der Waals surface area contributed by atoms with E-state index in [2.05, 4.69) is 41.4 Å². The molecule has 6 rings (SSSR count). The van der Waals surface area contributed by atoms with Crippen molar-refractivity contribution >= 4 is 31.5 Å². The minimum atomic E-state index is -4.38. The molecule has 0 bridgehead atoms. The first-order valence-electron chi connectivity index (χ1n) is 11.5. The Kier molecular flexibility index (Phi) is 5.38. The molecule has 0 spiro atoms. The fourth-order valence-corrected chi connectivity index (χ4v) is 6.12. The number of aromatic nitrogens is 1. The van der Waals surface area contributed by atoms with E-state index in [9.17, 15) is 13.2 Å². The third-order valence-electron chi connectivity index (χ3n) is 6.43. The molecule has 0 saturated carbocycles. The highest BCUT2D eigenvalue weighted by molar-refractivity contribution is 7.26. The van der Waals surface area contributed by atoms with E-state index in [-0.39, 0.29) is 0 Å². The predicted octanol–water partition coefficient (Wildman–Crippen LogP) is 9.78. The lowest BCUT2D eigenvalue weighted by Crippen LogP contribution is -2.05. The number of halogens is 3. The molecule has 176 valence electrons. The van der Waals surface area contributed by atoms with Crippen LogP contribution in [0.1, 0.15) is 11.1 Å². The molecule has 0 N–H and O–H groups in total. The minimum absolute atomic E-state index is 0.585. The van der Waals surface area contributed by atoms with Gasteiger partial charge in [-0.15, -0.1) is 11.3 Å². The zero-order valence-corrected chi connectivity index (χ0v) is 20.1. The van der Waals surface area contributed by atoms with Gasteiger partial charge in [-0.1, -0.05) is 72.8 Å². The molecule has 36 heavy (non-hydrogen) atoms. The molecule has 2 heterocycles. The molecule has 5 heteroatoms. The molecule has 0 atom stereocenters. The zero-order chi connectivity index (χ0) is 24.9. The number of hydrogen-bond acceptors (Lipinski definition) is 2. The number of fused-ring (bicyclic) bond motifs is 3. The lowest BCUT2D eigenvalue weighted by molar-refractivity contribution is -0.137. The smallest absolute Gasteiger partial charge is 0.264 e. The topological polar surface area (TPSA) is 12.9 Å². The van der Waals surface area contributed by atoms with Gasteiger partial charge in [0.25, 0.3) is 0 Å². The molecular weight excluding hydrogens is 475 g/mol. The van der Waals surface area contributed by atoms with E-state index in [4.69, 9.17) is 0 Å². The van der Waals surface area contributed by atoms with Gasteiger partial charge in [0.1, 0.15) is 0 Å². The molecule has 0 aliphatic rings. The fourth-order valence-electron chi connectivity index (χ4n) is 4.75. The van der Waals surface area contributed by atoms with Crippen LogP contribution in [0.15, 0.2) is 103 Å². The largest absolute Gasteiger partial charge is 0.416 e. The van der Waals surface area contributed by atoms with E-state index in [1.54, 1.807) is 24.5 Å². The second-order valence-electron chi connectivity index (χ2n) is 8.87. The second-order valence-corrected chi connectivity index (χ2v) is 9.89. The van der Waals surface area contributed by atoms with Crippen LogP contribution in [-0.2, 0) is 6.18 Å². The average Bonchev–Trinajstić information content (AvgIpc) is 3.27. The van der Waals surface area contributed by atoms with Gasteiger partial charge in [-0.2, -0.15) is 13.2 Å². The highest BCUT2D eigenvalue weighted by Crippen LogP contribution is 2.44. The Morgan fingerprint density at radius 1 is 0.639 bits per heavy atom. The summed E-state index contributed by atoms with van der Waals surface area (Å²) in [4.78, 5) is 4.20. The van der Waals surface area contributed by atoms with Crippen LogP contribution in [0.3, 0.4) is 0 Å². The second kappa shape index (κ2) is 8.61. The highest BCUT2D eigenvalue weighted by Gasteiger charge is 2.31. The molecule has 0 saturated heterocycles. The molecule has 6 aromatic rings. The van der Waals surface area contributed by atoms with Crippen LogP contribution >= 0.6 is 11.3 Å². The Bertz CT molecular complexity index is 1720. The van der Waals surface area contributed by atoms with Crippen molar-refractivity contribution in [1.29, 1.82) is 0 Å². The van der Waals surface area contributed by atoms with Crippen molar-refractivity contribution in [2.24, 2.45) is 0 Å². The molecule has 0 fully saturated rings. The Hall–Kier alpha value is -3.96. The molecule has 0 aliphatic heterocycles. The van der Waals surface area contributed by atoms with Crippen LogP contribution in [0, 0.1) is 6.92 Å². The summed E-state index contributed by atoms with van der Waals surface area (Å²) in [7, 11) is 0. The van der Waals surface area contributed by atoms with E-state index < -0.39 is 11.7 Å². The summed E-state index contributed by atoms with van der Waals surface area (Å²) in [5.74, 6) is 0. The number of thiophene rings is 1. The summed E-state index contributed by atoms with van der Waals surface area (Å²) in [6, 6.07) is 28.8. The van der Waals surface area contributed by atoms with E-state index in [1.807, 2.05) is 48.7 Å². The van der Waals surface area contributed by atoms with E-state index in [0.29, 0.717) is 11.1 Å². The Balaban J connectivity index is 1.51. The van der Waals surface area contributed by atoms with Gasteiger partial charge in [-0.25, -0.2) is 0 Å². The molecular formula is C31H20F3NS. The highest BCUT2D eigenvalue weighted by atomic mass is 32.1. The molecule has 0 amide bonds. The number of alkyl halides is 3. The van der Waals surface area contributed by atoms with Gasteiger partial charge in [0, 0.05) is 32.6 Å². The monoisotopic (exact) mass is 495 g/mol. The van der Waals surface area contributed by atoms with Gasteiger partial charge >= 0.3 is 6.18 Å².